The maximum atomic E-state index is 10.6. The zero-order valence-corrected chi connectivity index (χ0v) is 5.95. The van der Waals surface area contributed by atoms with E-state index in [0.717, 1.165) is 6.42 Å². The number of rotatable bonds is 1. The molecule has 50 valence electrons. The summed E-state index contributed by atoms with van der Waals surface area (Å²) in [7, 11) is 0. The number of hydrogen-bond acceptors (Lipinski definition) is 1. The number of hydrogen-bond donors (Lipinski definition) is 0. The zero-order chi connectivity index (χ0) is 6.48. The molecule has 0 heterocycles. The molecule has 2 heteroatoms. The molecule has 9 heavy (non-hydrogen) atoms. The fourth-order valence-corrected chi connectivity index (χ4v) is 2.16. The quantitative estimate of drug-likeness (QED) is 0.514. The number of carbonyl (C=O) groups is 1. The predicted molar refractivity (Wildman–Crippen MR) is 35.3 cm³/mol. The van der Waals surface area contributed by atoms with E-state index in [-0.39, 0.29) is 11.2 Å². The lowest BCUT2D eigenvalue weighted by Crippen LogP contribution is -2.16. The topological polar surface area (TPSA) is 17.1 Å². The third kappa shape index (κ3) is 0.644. The third-order valence-electron chi connectivity index (χ3n) is 2.81. The van der Waals surface area contributed by atoms with E-state index in [1.54, 1.807) is 0 Å². The molecule has 0 N–H and O–H groups in total. The Labute approximate surface area is 59.4 Å². The van der Waals surface area contributed by atoms with Crippen molar-refractivity contribution in [3.8, 4) is 0 Å². The van der Waals surface area contributed by atoms with Crippen LogP contribution < -0.4 is 0 Å². The Morgan fingerprint density at radius 3 is 2.33 bits per heavy atom. The van der Waals surface area contributed by atoms with Crippen LogP contribution in [0.25, 0.3) is 0 Å². The van der Waals surface area contributed by atoms with E-state index < -0.39 is 0 Å². The Balaban J connectivity index is 2.01. The highest BCUT2D eigenvalue weighted by Crippen LogP contribution is 2.66. The summed E-state index contributed by atoms with van der Waals surface area (Å²) in [5.41, 5.74) is 0.429. The molecular weight excluding hydrogens is 136 g/mol. The van der Waals surface area contributed by atoms with Gasteiger partial charge in [-0.25, -0.2) is 0 Å². The molecule has 0 aliphatic heterocycles. The van der Waals surface area contributed by atoms with E-state index >= 15 is 0 Å². The van der Waals surface area contributed by atoms with Crippen LogP contribution in [0.15, 0.2) is 0 Å². The molecule has 0 aromatic carbocycles. The molecular formula is C7H9ClO. The van der Waals surface area contributed by atoms with Crippen LogP contribution in [0.1, 0.15) is 25.7 Å². The fraction of sp³-hybridized carbons (Fsp3) is 0.857. The van der Waals surface area contributed by atoms with Crippen molar-refractivity contribution in [3.05, 3.63) is 0 Å². The maximum absolute atomic E-state index is 10.6. The van der Waals surface area contributed by atoms with Gasteiger partial charge in [-0.2, -0.15) is 0 Å². The van der Waals surface area contributed by atoms with Crippen molar-refractivity contribution in [2.45, 2.75) is 25.7 Å². The predicted octanol–water partition coefficient (Wildman–Crippen LogP) is 1.94. The highest BCUT2D eigenvalue weighted by molar-refractivity contribution is 6.64. The molecule has 0 amide bonds. The van der Waals surface area contributed by atoms with Gasteiger partial charge in [-0.05, 0) is 36.3 Å². The van der Waals surface area contributed by atoms with Gasteiger partial charge < -0.3 is 0 Å². The van der Waals surface area contributed by atoms with Gasteiger partial charge >= 0.3 is 0 Å². The maximum Gasteiger partial charge on any atom is 0.225 e. The van der Waals surface area contributed by atoms with Crippen molar-refractivity contribution in [1.82, 2.24) is 0 Å². The summed E-state index contributed by atoms with van der Waals surface area (Å²) < 4.78 is 0. The van der Waals surface area contributed by atoms with Crippen LogP contribution >= 0.6 is 11.6 Å². The smallest absolute Gasteiger partial charge is 0.225 e. The van der Waals surface area contributed by atoms with Gasteiger partial charge in [0.15, 0.2) is 0 Å². The standard InChI is InChI=1S/C7H9ClO/c8-6(9)5-4-7(5)2-1-3-7/h5H,1-4H2/t5-/m0/s1. The van der Waals surface area contributed by atoms with Crippen molar-refractivity contribution in [3.63, 3.8) is 0 Å². The van der Waals surface area contributed by atoms with Crippen LogP contribution in [0.5, 0.6) is 0 Å². The van der Waals surface area contributed by atoms with Gasteiger partial charge in [-0.3, -0.25) is 4.79 Å². The fourth-order valence-electron chi connectivity index (χ4n) is 1.85. The summed E-state index contributed by atoms with van der Waals surface area (Å²) in [5.74, 6) is 0.243. The molecule has 2 rings (SSSR count). The second-order valence-electron chi connectivity index (χ2n) is 3.28. The minimum absolute atomic E-state index is 0.102. The second kappa shape index (κ2) is 1.51. The van der Waals surface area contributed by atoms with Crippen molar-refractivity contribution >= 4 is 16.8 Å². The highest BCUT2D eigenvalue weighted by atomic mass is 35.5. The average Bonchev–Trinajstić information content (AvgIpc) is 2.34. The summed E-state index contributed by atoms with van der Waals surface area (Å²) in [6.45, 7) is 0. The van der Waals surface area contributed by atoms with Crippen LogP contribution in [0.4, 0.5) is 0 Å². The van der Waals surface area contributed by atoms with Gasteiger partial charge in [0.25, 0.3) is 0 Å². The average molecular weight is 145 g/mol. The Morgan fingerprint density at radius 2 is 2.22 bits per heavy atom. The highest BCUT2D eigenvalue weighted by Gasteiger charge is 2.60. The van der Waals surface area contributed by atoms with E-state index in [0.29, 0.717) is 5.41 Å². The first-order valence-corrected chi connectivity index (χ1v) is 3.82. The molecule has 2 aliphatic carbocycles. The van der Waals surface area contributed by atoms with Gasteiger partial charge in [0.1, 0.15) is 0 Å². The summed E-state index contributed by atoms with van der Waals surface area (Å²) in [4.78, 5) is 10.6. The lowest BCUT2D eigenvalue weighted by Gasteiger charge is -2.25. The number of halogens is 1. The molecule has 0 bridgehead atoms. The summed E-state index contributed by atoms with van der Waals surface area (Å²) >= 11 is 5.33. The van der Waals surface area contributed by atoms with Crippen molar-refractivity contribution in [2.75, 3.05) is 0 Å². The molecule has 0 saturated heterocycles. The van der Waals surface area contributed by atoms with Crippen LogP contribution in [-0.2, 0) is 4.79 Å². The van der Waals surface area contributed by atoms with E-state index in [1.165, 1.54) is 19.3 Å². The molecule has 2 saturated carbocycles. The van der Waals surface area contributed by atoms with Crippen molar-refractivity contribution in [2.24, 2.45) is 11.3 Å². The van der Waals surface area contributed by atoms with Gasteiger partial charge in [0, 0.05) is 5.92 Å². The first kappa shape index (κ1) is 5.72. The molecule has 2 aliphatic rings. The van der Waals surface area contributed by atoms with Gasteiger partial charge in [-0.1, -0.05) is 6.42 Å². The van der Waals surface area contributed by atoms with Gasteiger partial charge in [-0.15, -0.1) is 0 Å². The van der Waals surface area contributed by atoms with Crippen molar-refractivity contribution in [1.29, 1.82) is 0 Å². The van der Waals surface area contributed by atoms with E-state index in [4.69, 9.17) is 11.6 Å². The van der Waals surface area contributed by atoms with Gasteiger partial charge in [0.05, 0.1) is 0 Å². The van der Waals surface area contributed by atoms with Crippen LogP contribution in [0.2, 0.25) is 0 Å². The summed E-state index contributed by atoms with van der Waals surface area (Å²) in [5, 5.41) is -0.102. The van der Waals surface area contributed by atoms with Crippen LogP contribution in [-0.4, -0.2) is 5.24 Å². The normalized spacial score (nSPS) is 35.9. The summed E-state index contributed by atoms with van der Waals surface area (Å²) in [6.07, 6.45) is 4.88. The molecule has 0 unspecified atom stereocenters. The Kier molecular flexibility index (Phi) is 0.963. The number of carbonyl (C=O) groups excluding carboxylic acids is 1. The first-order chi connectivity index (χ1) is 4.25. The van der Waals surface area contributed by atoms with Crippen LogP contribution in [0, 0.1) is 11.3 Å². The molecule has 1 spiro atoms. The molecule has 0 aromatic heterocycles. The SMILES string of the molecule is O=C(Cl)[C@@H]1CC12CCC2. The van der Waals surface area contributed by atoms with Crippen molar-refractivity contribution < 1.29 is 4.79 Å². The molecule has 1 atom stereocenters. The lowest BCUT2D eigenvalue weighted by molar-refractivity contribution is -0.113. The molecule has 0 radical (unpaired) electrons. The monoisotopic (exact) mass is 144 g/mol. The lowest BCUT2D eigenvalue weighted by atomic mass is 9.80. The Bertz CT molecular complexity index is 160. The molecule has 1 nitrogen and oxygen atoms in total. The summed E-state index contributed by atoms with van der Waals surface area (Å²) in [6, 6.07) is 0. The van der Waals surface area contributed by atoms with E-state index in [9.17, 15) is 4.79 Å². The minimum Gasteiger partial charge on any atom is -0.281 e. The zero-order valence-electron chi connectivity index (χ0n) is 5.19. The Morgan fingerprint density at radius 1 is 1.56 bits per heavy atom. The van der Waals surface area contributed by atoms with Gasteiger partial charge in [0.2, 0.25) is 5.24 Å². The van der Waals surface area contributed by atoms with Crippen LogP contribution in [0.3, 0.4) is 0 Å². The third-order valence-corrected chi connectivity index (χ3v) is 3.08. The Hall–Kier alpha value is -0.0400. The molecule has 2 fully saturated rings. The first-order valence-electron chi connectivity index (χ1n) is 3.44. The molecule has 0 aromatic rings. The van der Waals surface area contributed by atoms with E-state index in [2.05, 4.69) is 0 Å². The minimum atomic E-state index is -0.102. The second-order valence-corrected chi connectivity index (χ2v) is 3.65. The van der Waals surface area contributed by atoms with E-state index in [1.807, 2.05) is 0 Å². The largest absolute Gasteiger partial charge is 0.281 e.